The maximum atomic E-state index is 10.2. The maximum absolute atomic E-state index is 10.2. The molecule has 0 heterocycles. The van der Waals surface area contributed by atoms with Gasteiger partial charge in [-0.1, -0.05) is 28.1 Å². The predicted molar refractivity (Wildman–Crippen MR) is 57.7 cm³/mol. The topological polar surface area (TPSA) is 40.1 Å². The summed E-state index contributed by atoms with van der Waals surface area (Å²) in [6, 6.07) is 3.95. The summed E-state index contributed by atoms with van der Waals surface area (Å²) in [5.74, 6) is -1.18. The van der Waals surface area contributed by atoms with Gasteiger partial charge in [-0.3, -0.25) is 0 Å². The van der Waals surface area contributed by atoms with Gasteiger partial charge in [-0.25, -0.2) is 0 Å². The number of carboxylic acid groups (broad SMARTS) is 1. The van der Waals surface area contributed by atoms with Crippen LogP contribution in [0.4, 0.5) is 0 Å². The van der Waals surface area contributed by atoms with Crippen LogP contribution in [0.15, 0.2) is 22.7 Å². The van der Waals surface area contributed by atoms with Crippen LogP contribution < -0.4 is 5.11 Å². The smallest absolute Gasteiger partial charge is 0.0643 e. The Balaban J connectivity index is 3.15. The van der Waals surface area contributed by atoms with Crippen LogP contribution in [-0.4, -0.2) is 5.97 Å². The number of carboxylic acids is 1. The van der Waals surface area contributed by atoms with Crippen molar-refractivity contribution in [3.8, 4) is 0 Å². The summed E-state index contributed by atoms with van der Waals surface area (Å²) in [4.78, 5) is 10.2. The Bertz CT molecular complexity index is 371. The fourth-order valence-corrected chi connectivity index (χ4v) is 2.10. The number of aryl methyl sites for hydroxylation is 2. The average Bonchev–Trinajstić information content (AvgIpc) is 2.01. The van der Waals surface area contributed by atoms with E-state index in [1.165, 1.54) is 6.08 Å². The van der Waals surface area contributed by atoms with Gasteiger partial charge < -0.3 is 9.90 Å². The average molecular weight is 254 g/mol. The number of aliphatic carboxylic acids is 1. The van der Waals surface area contributed by atoms with Crippen LogP contribution in [0.5, 0.6) is 0 Å². The van der Waals surface area contributed by atoms with Gasteiger partial charge in [0, 0.05) is 4.47 Å². The van der Waals surface area contributed by atoms with Crippen molar-refractivity contribution in [2.75, 3.05) is 0 Å². The van der Waals surface area contributed by atoms with Crippen LogP contribution >= 0.6 is 15.9 Å². The summed E-state index contributed by atoms with van der Waals surface area (Å²) in [5.41, 5.74) is 3.05. The second-order valence-electron chi connectivity index (χ2n) is 3.13. The molecule has 0 aliphatic heterocycles. The largest absolute Gasteiger partial charge is 0.545 e. The van der Waals surface area contributed by atoms with Crippen LogP contribution in [-0.2, 0) is 4.79 Å². The first kappa shape index (κ1) is 11.0. The summed E-state index contributed by atoms with van der Waals surface area (Å²) in [6.07, 6.45) is 2.57. The quantitative estimate of drug-likeness (QED) is 0.755. The zero-order valence-electron chi connectivity index (χ0n) is 8.00. The molecule has 1 rings (SSSR count). The van der Waals surface area contributed by atoms with Gasteiger partial charge in [0.15, 0.2) is 0 Å². The van der Waals surface area contributed by atoms with E-state index in [1.54, 1.807) is 0 Å². The molecule has 0 spiro atoms. The lowest BCUT2D eigenvalue weighted by Crippen LogP contribution is -2.18. The van der Waals surface area contributed by atoms with Gasteiger partial charge in [0.1, 0.15) is 0 Å². The van der Waals surface area contributed by atoms with Crippen molar-refractivity contribution >= 4 is 28.0 Å². The molecule has 0 bridgehead atoms. The first-order chi connectivity index (χ1) is 6.50. The maximum Gasteiger partial charge on any atom is 0.0643 e. The lowest BCUT2D eigenvalue weighted by molar-refractivity contribution is -0.297. The van der Waals surface area contributed by atoms with E-state index in [4.69, 9.17) is 0 Å². The molecular formula is C11H10BrO2-. The Morgan fingerprint density at radius 2 is 2.07 bits per heavy atom. The SMILES string of the molecule is Cc1cc(C)c(/C=C/C(=O)[O-])c(Br)c1. The molecule has 0 fully saturated rings. The molecule has 2 nitrogen and oxygen atoms in total. The Labute approximate surface area is 91.4 Å². The third-order valence-electron chi connectivity index (χ3n) is 1.87. The van der Waals surface area contributed by atoms with Gasteiger partial charge in [-0.15, -0.1) is 0 Å². The van der Waals surface area contributed by atoms with E-state index < -0.39 is 5.97 Å². The van der Waals surface area contributed by atoms with Crippen molar-refractivity contribution in [3.05, 3.63) is 39.4 Å². The highest BCUT2D eigenvalue weighted by molar-refractivity contribution is 9.10. The number of hydrogen-bond donors (Lipinski definition) is 0. The van der Waals surface area contributed by atoms with Gasteiger partial charge in [0.25, 0.3) is 0 Å². The molecule has 0 saturated heterocycles. The number of hydrogen-bond acceptors (Lipinski definition) is 2. The molecule has 0 saturated carbocycles. The number of rotatable bonds is 2. The number of halogens is 1. The lowest BCUT2D eigenvalue weighted by atomic mass is 10.1. The molecule has 1 aromatic carbocycles. The van der Waals surface area contributed by atoms with Crippen LogP contribution in [0.3, 0.4) is 0 Å². The van der Waals surface area contributed by atoms with Crippen molar-refractivity contribution in [1.29, 1.82) is 0 Å². The van der Waals surface area contributed by atoms with E-state index in [-0.39, 0.29) is 0 Å². The molecular weight excluding hydrogens is 244 g/mol. The van der Waals surface area contributed by atoms with Gasteiger partial charge in [-0.05, 0) is 42.7 Å². The molecule has 0 amide bonds. The minimum Gasteiger partial charge on any atom is -0.545 e. The highest BCUT2D eigenvalue weighted by Gasteiger charge is 2.00. The second-order valence-corrected chi connectivity index (χ2v) is 3.98. The predicted octanol–water partition coefficient (Wildman–Crippen LogP) is 1.83. The van der Waals surface area contributed by atoms with Crippen LogP contribution in [0, 0.1) is 13.8 Å². The summed E-state index contributed by atoms with van der Waals surface area (Å²) in [7, 11) is 0. The second kappa shape index (κ2) is 4.42. The summed E-state index contributed by atoms with van der Waals surface area (Å²) in [6.45, 7) is 3.93. The highest BCUT2D eigenvalue weighted by atomic mass is 79.9. The Kier molecular flexibility index (Phi) is 3.47. The molecule has 0 radical (unpaired) electrons. The van der Waals surface area contributed by atoms with E-state index in [0.29, 0.717) is 0 Å². The van der Waals surface area contributed by atoms with Crippen molar-refractivity contribution in [3.63, 3.8) is 0 Å². The zero-order chi connectivity index (χ0) is 10.7. The first-order valence-electron chi connectivity index (χ1n) is 4.16. The van der Waals surface area contributed by atoms with Crippen LogP contribution in [0.2, 0.25) is 0 Å². The molecule has 1 aromatic rings. The summed E-state index contributed by atoms with van der Waals surface area (Å²) in [5, 5.41) is 10.2. The normalized spacial score (nSPS) is 10.8. The van der Waals surface area contributed by atoms with Gasteiger partial charge in [0.05, 0.1) is 5.97 Å². The molecule has 0 aromatic heterocycles. The molecule has 3 heteroatoms. The van der Waals surface area contributed by atoms with Crippen molar-refractivity contribution < 1.29 is 9.90 Å². The number of carbonyl (C=O) groups excluding carboxylic acids is 1. The Hall–Kier alpha value is -1.09. The minimum absolute atomic E-state index is 0.875. The molecule has 0 N–H and O–H groups in total. The van der Waals surface area contributed by atoms with E-state index in [1.807, 2.05) is 26.0 Å². The van der Waals surface area contributed by atoms with Crippen LogP contribution in [0.25, 0.3) is 6.08 Å². The van der Waals surface area contributed by atoms with Crippen LogP contribution in [0.1, 0.15) is 16.7 Å². The summed E-state index contributed by atoms with van der Waals surface area (Å²) < 4.78 is 0.896. The molecule has 0 aliphatic carbocycles. The highest BCUT2D eigenvalue weighted by Crippen LogP contribution is 2.23. The van der Waals surface area contributed by atoms with Crippen molar-refractivity contribution in [1.82, 2.24) is 0 Å². The molecule has 14 heavy (non-hydrogen) atoms. The molecule has 0 aliphatic rings. The fraction of sp³-hybridized carbons (Fsp3) is 0.182. The lowest BCUT2D eigenvalue weighted by Gasteiger charge is -2.05. The molecule has 0 unspecified atom stereocenters. The summed E-state index contributed by atoms with van der Waals surface area (Å²) >= 11 is 3.38. The van der Waals surface area contributed by atoms with E-state index >= 15 is 0 Å². The number of benzene rings is 1. The standard InChI is InChI=1S/C11H11BrO2/c1-7-5-8(2)9(10(12)6-7)3-4-11(13)14/h3-6H,1-2H3,(H,13,14)/p-1/b4-3+. The fourth-order valence-electron chi connectivity index (χ4n) is 1.29. The monoisotopic (exact) mass is 253 g/mol. The van der Waals surface area contributed by atoms with Gasteiger partial charge >= 0.3 is 0 Å². The molecule has 0 atom stereocenters. The third kappa shape index (κ3) is 2.70. The van der Waals surface area contributed by atoms with E-state index in [2.05, 4.69) is 15.9 Å². The van der Waals surface area contributed by atoms with E-state index in [9.17, 15) is 9.90 Å². The minimum atomic E-state index is -1.18. The van der Waals surface area contributed by atoms with Gasteiger partial charge in [-0.2, -0.15) is 0 Å². The molecule has 74 valence electrons. The Morgan fingerprint density at radius 1 is 1.43 bits per heavy atom. The van der Waals surface area contributed by atoms with Gasteiger partial charge in [0.2, 0.25) is 0 Å². The Morgan fingerprint density at radius 3 is 2.57 bits per heavy atom. The van der Waals surface area contributed by atoms with Crippen molar-refractivity contribution in [2.45, 2.75) is 13.8 Å². The first-order valence-corrected chi connectivity index (χ1v) is 4.96. The van der Waals surface area contributed by atoms with Crippen molar-refractivity contribution in [2.24, 2.45) is 0 Å². The zero-order valence-corrected chi connectivity index (χ0v) is 9.59. The van der Waals surface area contributed by atoms with E-state index in [0.717, 1.165) is 27.2 Å². The third-order valence-corrected chi connectivity index (χ3v) is 2.52. The number of carbonyl (C=O) groups is 1.